The van der Waals surface area contributed by atoms with Gasteiger partial charge in [-0.05, 0) is 38.5 Å². The Morgan fingerprint density at radius 3 is 2.66 bits per heavy atom. The van der Waals surface area contributed by atoms with Gasteiger partial charge in [0.05, 0.1) is 12.2 Å². The minimum atomic E-state index is -0.245. The second-order valence-corrected chi connectivity index (χ2v) is 7.05. The second-order valence-electron chi connectivity index (χ2n) is 7.05. The highest BCUT2D eigenvalue weighted by atomic mass is 16.3. The molecule has 0 bridgehead atoms. The third kappa shape index (κ3) is 3.99. The van der Waals surface area contributed by atoms with Crippen LogP contribution in [-0.2, 0) is 13.1 Å². The number of benzene rings is 1. The van der Waals surface area contributed by atoms with Crippen molar-refractivity contribution in [3.8, 4) is 11.5 Å². The summed E-state index contributed by atoms with van der Waals surface area (Å²) in [5.74, 6) is 1.22. The number of rotatable bonds is 6. The van der Waals surface area contributed by atoms with E-state index in [0.717, 1.165) is 22.7 Å². The predicted molar refractivity (Wildman–Crippen MR) is 109 cm³/mol. The number of amides is 1. The molecular weight excluding hydrogens is 366 g/mol. The van der Waals surface area contributed by atoms with Crippen LogP contribution < -0.4 is 5.32 Å². The van der Waals surface area contributed by atoms with E-state index in [9.17, 15) is 4.79 Å². The largest absolute Gasteiger partial charge is 0.460 e. The van der Waals surface area contributed by atoms with Crippen LogP contribution in [0.3, 0.4) is 0 Å². The molecule has 7 nitrogen and oxygen atoms in total. The Morgan fingerprint density at radius 2 is 1.93 bits per heavy atom. The SMILES string of the molecule is Cc1ccc(-c2cc(C(=O)NCc3c(C)nn(Cc4ccccc4)c3C)n[nH]2)o1. The molecule has 0 aliphatic heterocycles. The van der Waals surface area contributed by atoms with Gasteiger partial charge in [0.25, 0.3) is 5.91 Å². The molecule has 3 aromatic heterocycles. The lowest BCUT2D eigenvalue weighted by atomic mass is 10.2. The summed E-state index contributed by atoms with van der Waals surface area (Å²) in [5.41, 5.74) is 5.15. The molecule has 1 amide bonds. The lowest BCUT2D eigenvalue weighted by Gasteiger charge is -2.06. The van der Waals surface area contributed by atoms with E-state index in [2.05, 4.69) is 32.7 Å². The molecule has 0 spiro atoms. The number of carbonyl (C=O) groups excluding carboxylic acids is 1. The first kappa shape index (κ1) is 18.7. The Balaban J connectivity index is 1.44. The summed E-state index contributed by atoms with van der Waals surface area (Å²) < 4.78 is 7.53. The molecule has 0 aliphatic carbocycles. The molecule has 0 atom stereocenters. The molecular formula is C22H23N5O2. The average molecular weight is 389 g/mol. The lowest BCUT2D eigenvalue weighted by Crippen LogP contribution is -2.23. The number of hydrogen-bond acceptors (Lipinski definition) is 4. The van der Waals surface area contributed by atoms with Gasteiger partial charge in [-0.3, -0.25) is 14.6 Å². The number of furan rings is 1. The lowest BCUT2D eigenvalue weighted by molar-refractivity contribution is 0.0946. The third-order valence-corrected chi connectivity index (χ3v) is 4.95. The Labute approximate surface area is 168 Å². The Morgan fingerprint density at radius 1 is 1.14 bits per heavy atom. The van der Waals surface area contributed by atoms with Crippen LogP contribution in [0, 0.1) is 20.8 Å². The minimum Gasteiger partial charge on any atom is -0.460 e. The van der Waals surface area contributed by atoms with Gasteiger partial charge in [-0.1, -0.05) is 30.3 Å². The summed E-state index contributed by atoms with van der Waals surface area (Å²) in [5, 5.41) is 14.5. The third-order valence-electron chi connectivity index (χ3n) is 4.95. The van der Waals surface area contributed by atoms with Crippen molar-refractivity contribution in [3.63, 3.8) is 0 Å². The number of nitrogens with one attached hydrogen (secondary N) is 2. The van der Waals surface area contributed by atoms with Crippen LogP contribution in [-0.4, -0.2) is 25.9 Å². The number of aromatic amines is 1. The molecule has 148 valence electrons. The van der Waals surface area contributed by atoms with Crippen molar-refractivity contribution in [2.45, 2.75) is 33.9 Å². The zero-order chi connectivity index (χ0) is 20.4. The van der Waals surface area contributed by atoms with Gasteiger partial charge in [0.15, 0.2) is 11.5 Å². The van der Waals surface area contributed by atoms with Gasteiger partial charge in [0, 0.05) is 23.9 Å². The molecule has 0 unspecified atom stereocenters. The van der Waals surface area contributed by atoms with Crippen molar-refractivity contribution >= 4 is 5.91 Å². The molecule has 4 rings (SSSR count). The monoisotopic (exact) mass is 389 g/mol. The molecule has 0 aliphatic rings. The van der Waals surface area contributed by atoms with Crippen molar-refractivity contribution in [3.05, 3.63) is 82.5 Å². The first-order valence-electron chi connectivity index (χ1n) is 9.48. The standard InChI is InChI=1S/C22H23N5O2/c1-14-9-10-21(29-14)19-11-20(25-24-19)22(28)23-12-18-15(2)26-27(16(18)3)13-17-7-5-4-6-8-17/h4-11H,12-13H2,1-3H3,(H,23,28)(H,24,25). The highest BCUT2D eigenvalue weighted by molar-refractivity contribution is 5.93. The summed E-state index contributed by atoms with van der Waals surface area (Å²) in [4.78, 5) is 12.5. The van der Waals surface area contributed by atoms with Gasteiger partial charge in [-0.2, -0.15) is 10.2 Å². The van der Waals surface area contributed by atoms with E-state index in [0.29, 0.717) is 30.2 Å². The molecule has 2 N–H and O–H groups in total. The van der Waals surface area contributed by atoms with Crippen molar-refractivity contribution in [1.82, 2.24) is 25.3 Å². The summed E-state index contributed by atoms with van der Waals surface area (Å²) >= 11 is 0. The minimum absolute atomic E-state index is 0.245. The highest BCUT2D eigenvalue weighted by Gasteiger charge is 2.16. The van der Waals surface area contributed by atoms with E-state index in [1.165, 1.54) is 5.56 Å². The number of nitrogens with zero attached hydrogens (tertiary/aromatic N) is 3. The van der Waals surface area contributed by atoms with E-state index in [1.807, 2.05) is 55.8 Å². The zero-order valence-corrected chi connectivity index (χ0v) is 16.7. The van der Waals surface area contributed by atoms with Crippen molar-refractivity contribution in [2.75, 3.05) is 0 Å². The number of aryl methyl sites for hydroxylation is 2. The Hall–Kier alpha value is -3.61. The quantitative estimate of drug-likeness (QED) is 0.525. The molecule has 7 heteroatoms. The van der Waals surface area contributed by atoms with Crippen LogP contribution in [0.4, 0.5) is 0 Å². The maximum atomic E-state index is 12.5. The first-order chi connectivity index (χ1) is 14.0. The average Bonchev–Trinajstić information content (AvgIpc) is 3.42. The number of hydrogen-bond donors (Lipinski definition) is 2. The van der Waals surface area contributed by atoms with Crippen LogP contribution in [0.1, 0.15) is 38.8 Å². The maximum Gasteiger partial charge on any atom is 0.272 e. The van der Waals surface area contributed by atoms with Gasteiger partial charge in [-0.25, -0.2) is 0 Å². The first-order valence-corrected chi connectivity index (χ1v) is 9.48. The van der Waals surface area contributed by atoms with Gasteiger partial charge >= 0.3 is 0 Å². The maximum absolute atomic E-state index is 12.5. The van der Waals surface area contributed by atoms with Gasteiger partial charge < -0.3 is 9.73 Å². The number of H-pyrrole nitrogens is 1. The fraction of sp³-hybridized carbons (Fsp3) is 0.227. The molecule has 3 heterocycles. The smallest absolute Gasteiger partial charge is 0.272 e. The summed E-state index contributed by atoms with van der Waals surface area (Å²) in [6.45, 7) is 6.95. The van der Waals surface area contributed by atoms with Crippen molar-refractivity contribution in [1.29, 1.82) is 0 Å². The van der Waals surface area contributed by atoms with Crippen molar-refractivity contribution in [2.24, 2.45) is 0 Å². The van der Waals surface area contributed by atoms with Gasteiger partial charge in [-0.15, -0.1) is 0 Å². The molecule has 29 heavy (non-hydrogen) atoms. The molecule has 4 aromatic rings. The number of carbonyl (C=O) groups is 1. The van der Waals surface area contributed by atoms with E-state index in [-0.39, 0.29) is 5.91 Å². The molecule has 0 saturated heterocycles. The van der Waals surface area contributed by atoms with Crippen molar-refractivity contribution < 1.29 is 9.21 Å². The topological polar surface area (TPSA) is 88.7 Å². The van der Waals surface area contributed by atoms with Gasteiger partial charge in [0.2, 0.25) is 0 Å². The molecule has 0 fully saturated rings. The second kappa shape index (κ2) is 7.79. The Kier molecular flexibility index (Phi) is 5.03. The highest BCUT2D eigenvalue weighted by Crippen LogP contribution is 2.20. The molecule has 0 radical (unpaired) electrons. The number of aromatic nitrogens is 4. The summed E-state index contributed by atoms with van der Waals surface area (Å²) in [7, 11) is 0. The van der Waals surface area contributed by atoms with E-state index < -0.39 is 0 Å². The van der Waals surface area contributed by atoms with Crippen LogP contribution in [0.25, 0.3) is 11.5 Å². The summed E-state index contributed by atoms with van der Waals surface area (Å²) in [6.07, 6.45) is 0. The predicted octanol–water partition coefficient (Wildman–Crippen LogP) is 3.77. The van der Waals surface area contributed by atoms with Crippen LogP contribution in [0.5, 0.6) is 0 Å². The van der Waals surface area contributed by atoms with Crippen LogP contribution >= 0.6 is 0 Å². The van der Waals surface area contributed by atoms with Crippen LogP contribution in [0.15, 0.2) is 52.9 Å². The fourth-order valence-electron chi connectivity index (χ4n) is 3.30. The summed E-state index contributed by atoms with van der Waals surface area (Å²) in [6, 6.07) is 15.6. The Bertz CT molecular complexity index is 1140. The van der Waals surface area contributed by atoms with E-state index in [4.69, 9.17) is 4.42 Å². The fourth-order valence-corrected chi connectivity index (χ4v) is 3.30. The van der Waals surface area contributed by atoms with Gasteiger partial charge in [0.1, 0.15) is 11.5 Å². The molecule has 1 aromatic carbocycles. The zero-order valence-electron chi connectivity index (χ0n) is 16.7. The van der Waals surface area contributed by atoms with E-state index >= 15 is 0 Å². The molecule has 0 saturated carbocycles. The van der Waals surface area contributed by atoms with E-state index in [1.54, 1.807) is 6.07 Å². The normalized spacial score (nSPS) is 11.0. The van der Waals surface area contributed by atoms with Crippen LogP contribution in [0.2, 0.25) is 0 Å².